The summed E-state index contributed by atoms with van der Waals surface area (Å²) < 4.78 is 48.2. The number of nitrogens with one attached hydrogen (secondary N) is 1. The summed E-state index contributed by atoms with van der Waals surface area (Å²) in [5, 5.41) is 15.7. The lowest BCUT2D eigenvalue weighted by molar-refractivity contribution is -0.220. The fourth-order valence-corrected chi connectivity index (χ4v) is 6.83. The Kier molecular flexibility index (Phi) is 6.38. The van der Waals surface area contributed by atoms with Gasteiger partial charge < -0.3 is 30.3 Å². The topological polar surface area (TPSA) is 251 Å². The molecule has 4 rings (SSSR count). The third-order valence-electron chi connectivity index (χ3n) is 5.51. The third-order valence-corrected chi connectivity index (χ3v) is 8.39. The van der Waals surface area contributed by atoms with Crippen LogP contribution in [0.2, 0.25) is 0 Å². The molecule has 3 saturated heterocycles. The minimum Gasteiger partial charge on any atom is -0.615 e. The van der Waals surface area contributed by atoms with Crippen LogP contribution in [0.3, 0.4) is 0 Å². The monoisotopic (exact) mass is 551 g/mol. The molecule has 190 valence electrons. The van der Waals surface area contributed by atoms with Crippen LogP contribution in [0.25, 0.3) is 0 Å². The van der Waals surface area contributed by atoms with E-state index in [4.69, 9.17) is 15.0 Å². The predicted molar refractivity (Wildman–Crippen MR) is 115 cm³/mol. The van der Waals surface area contributed by atoms with E-state index in [2.05, 4.69) is 20.3 Å². The number of hydrogen-bond donors (Lipinski definition) is 4. The zero-order valence-electron chi connectivity index (χ0n) is 17.4. The van der Waals surface area contributed by atoms with E-state index in [9.17, 15) is 37.3 Å². The second-order valence-electron chi connectivity index (χ2n) is 7.68. The first-order valence-corrected chi connectivity index (χ1v) is 13.5. The Hall–Kier alpha value is -3.00. The number of carboxylic acids is 1. The van der Waals surface area contributed by atoms with Gasteiger partial charge in [-0.25, -0.2) is 14.7 Å². The lowest BCUT2D eigenvalue weighted by Crippen LogP contribution is -2.80. The fraction of sp³-hybridized carbons (Fsp3) is 0.500. The Balaban J connectivity index is 1.50. The minimum atomic E-state index is -4.57. The summed E-state index contributed by atoms with van der Waals surface area (Å²) in [7, 11) is -4.57. The van der Waals surface area contributed by atoms with Gasteiger partial charge in [0.1, 0.15) is 17.4 Å². The Labute approximate surface area is 203 Å². The molecule has 0 saturated carbocycles. The van der Waals surface area contributed by atoms with Crippen LogP contribution in [0.4, 0.5) is 5.13 Å². The summed E-state index contributed by atoms with van der Waals surface area (Å²) >= 11 is -0.798. The van der Waals surface area contributed by atoms with Gasteiger partial charge in [0.05, 0.1) is 12.3 Å². The van der Waals surface area contributed by atoms with Crippen molar-refractivity contribution in [3.8, 4) is 0 Å². The summed E-state index contributed by atoms with van der Waals surface area (Å²) in [4.78, 5) is 58.5. The number of aromatic nitrogens is 1. The number of carbonyl (C=O) groups is 4. The molecule has 1 aromatic heterocycles. The normalized spacial score (nSPS) is 30.1. The first-order chi connectivity index (χ1) is 16.3. The second kappa shape index (κ2) is 8.90. The molecular weight excluding hydrogens is 534 g/mol. The maximum Gasteiger partial charge on any atom is 0.371 e. The van der Waals surface area contributed by atoms with Gasteiger partial charge in [0.25, 0.3) is 11.6 Å². The van der Waals surface area contributed by atoms with E-state index in [1.54, 1.807) is 0 Å². The van der Waals surface area contributed by atoms with E-state index in [-0.39, 0.29) is 23.0 Å². The van der Waals surface area contributed by atoms with Crippen LogP contribution in [0.15, 0.2) is 10.5 Å². The molecule has 2 amide bonds. The number of fused-ring (bicyclic) bond motifs is 3. The van der Waals surface area contributed by atoms with Crippen molar-refractivity contribution in [3.05, 3.63) is 11.1 Å². The highest BCUT2D eigenvalue weighted by Crippen LogP contribution is 2.50. The Morgan fingerprint density at radius 3 is 2.80 bits per heavy atom. The van der Waals surface area contributed by atoms with Gasteiger partial charge in [-0.15, -0.1) is 11.3 Å². The molecule has 3 aliphatic heterocycles. The van der Waals surface area contributed by atoms with Gasteiger partial charge >= 0.3 is 22.1 Å². The number of carbonyl (C=O) groups excluding carboxylic acids is 3. The standard InChI is InChI=1S/C16H17N5O11S3/c17-15-19-8(3-33-15)10(20-31-5-35(28,29)30)11(23)18-2-7-12(24)21-13(7)34(27)4-6-1-9(22)32-16(6,21)14(25)26/h3,6-7,13H,1-2,4-5H2,(H2,17,19)(H,18,23)(H,25,26)(H,28,29,30)/b20-10-/t6-,7+,13+,16+,34-/m0/s1. The number of oxime groups is 1. The first kappa shape index (κ1) is 25.1. The Morgan fingerprint density at radius 1 is 1.49 bits per heavy atom. The molecule has 3 aliphatic rings. The highest BCUT2D eigenvalue weighted by molar-refractivity contribution is 7.92. The van der Waals surface area contributed by atoms with Crippen LogP contribution in [-0.4, -0.2) is 91.3 Å². The molecule has 0 spiro atoms. The SMILES string of the molecule is Nc1nc(/C(=N/OCS(=O)(=O)O)C(=O)NC[C@@H]2C(=O)N3[C@@H]2[S@@+]([O-])C[C@@H]2CC(=O)O[C@@]23C(=O)O)cs1. The summed E-state index contributed by atoms with van der Waals surface area (Å²) in [5.41, 5.74) is 2.68. The van der Waals surface area contributed by atoms with Crippen molar-refractivity contribution in [2.75, 3.05) is 24.0 Å². The zero-order chi connectivity index (χ0) is 25.7. The number of β-lactam (4-membered cyclic amide) rings is 1. The molecule has 5 N–H and O–H groups in total. The van der Waals surface area contributed by atoms with Gasteiger partial charge in [-0.3, -0.25) is 18.9 Å². The van der Waals surface area contributed by atoms with Crippen LogP contribution in [-0.2, 0) is 50.0 Å². The molecule has 0 unspecified atom stereocenters. The van der Waals surface area contributed by atoms with Crippen LogP contribution < -0.4 is 11.1 Å². The van der Waals surface area contributed by atoms with E-state index in [0.29, 0.717) is 0 Å². The molecule has 0 radical (unpaired) electrons. The smallest absolute Gasteiger partial charge is 0.371 e. The minimum absolute atomic E-state index is 0.0531. The number of thiazole rings is 1. The molecule has 5 atom stereocenters. The maximum atomic E-state index is 12.8. The van der Waals surface area contributed by atoms with Gasteiger partial charge in [0, 0.05) is 11.9 Å². The van der Waals surface area contributed by atoms with E-state index in [0.717, 1.165) is 16.2 Å². The molecule has 4 heterocycles. The number of nitrogens with zero attached hydrogens (tertiary/aromatic N) is 3. The predicted octanol–water partition coefficient (Wildman–Crippen LogP) is -2.70. The van der Waals surface area contributed by atoms with E-state index in [1.807, 2.05) is 0 Å². The number of hydrogen-bond acceptors (Lipinski definition) is 13. The maximum absolute atomic E-state index is 12.8. The molecule has 0 aliphatic carbocycles. The average Bonchev–Trinajstić information content (AvgIpc) is 3.31. The van der Waals surface area contributed by atoms with Gasteiger partial charge in [-0.2, -0.15) is 8.42 Å². The van der Waals surface area contributed by atoms with Crippen LogP contribution in [0.5, 0.6) is 0 Å². The molecule has 3 fully saturated rings. The summed E-state index contributed by atoms with van der Waals surface area (Å²) in [6.07, 6.45) is -0.296. The number of ether oxygens (including phenoxy) is 1. The fourth-order valence-electron chi connectivity index (χ4n) is 4.08. The van der Waals surface area contributed by atoms with E-state index < -0.39 is 86.2 Å². The highest BCUT2D eigenvalue weighted by Gasteiger charge is 2.75. The number of nitrogen functional groups attached to an aromatic ring is 1. The summed E-state index contributed by atoms with van der Waals surface area (Å²) in [6, 6.07) is 0. The quantitative estimate of drug-likeness (QED) is 0.0641. The number of carboxylic acid groups (broad SMARTS) is 1. The number of amides is 2. The molecule has 35 heavy (non-hydrogen) atoms. The highest BCUT2D eigenvalue weighted by atomic mass is 32.2. The number of rotatable bonds is 8. The molecule has 0 bridgehead atoms. The number of aliphatic carboxylic acids is 1. The third kappa shape index (κ3) is 4.40. The van der Waals surface area contributed by atoms with E-state index >= 15 is 0 Å². The Bertz CT molecular complexity index is 1230. The molecule has 0 aromatic carbocycles. The van der Waals surface area contributed by atoms with Crippen LogP contribution in [0, 0.1) is 11.8 Å². The van der Waals surface area contributed by atoms with Crippen molar-refractivity contribution in [3.63, 3.8) is 0 Å². The van der Waals surface area contributed by atoms with Gasteiger partial charge in [-0.1, -0.05) is 5.16 Å². The number of esters is 1. The van der Waals surface area contributed by atoms with Crippen LogP contribution in [0.1, 0.15) is 12.1 Å². The zero-order valence-corrected chi connectivity index (χ0v) is 19.8. The lowest BCUT2D eigenvalue weighted by Gasteiger charge is -2.56. The molecule has 16 nitrogen and oxygen atoms in total. The number of anilines is 1. The molecule has 1 aromatic rings. The summed E-state index contributed by atoms with van der Waals surface area (Å²) in [5.74, 6) is -7.66. The second-order valence-corrected chi connectivity index (χ2v) is 11.5. The van der Waals surface area contributed by atoms with Crippen molar-refractivity contribution in [2.24, 2.45) is 17.0 Å². The largest absolute Gasteiger partial charge is 0.615 e. The lowest BCUT2D eigenvalue weighted by atomic mass is 9.86. The van der Waals surface area contributed by atoms with Gasteiger partial charge in [0.2, 0.25) is 17.2 Å². The number of nitrogens with two attached hydrogens (primary N) is 1. The van der Waals surface area contributed by atoms with Gasteiger partial charge in [0.15, 0.2) is 10.8 Å². The van der Waals surface area contributed by atoms with Crippen molar-refractivity contribution in [1.29, 1.82) is 0 Å². The van der Waals surface area contributed by atoms with Gasteiger partial charge in [-0.05, 0) is 11.2 Å². The summed E-state index contributed by atoms with van der Waals surface area (Å²) in [6.45, 7) is -0.407. The van der Waals surface area contributed by atoms with Crippen LogP contribution >= 0.6 is 11.3 Å². The molecule has 19 heteroatoms. The van der Waals surface area contributed by atoms with E-state index in [1.165, 1.54) is 5.38 Å². The van der Waals surface area contributed by atoms with Crippen molar-refractivity contribution < 1.29 is 51.4 Å². The molecular formula is C16H17N5O11S3. The van der Waals surface area contributed by atoms with Crippen molar-refractivity contribution in [1.82, 2.24) is 15.2 Å². The average molecular weight is 552 g/mol. The Morgan fingerprint density at radius 2 is 2.20 bits per heavy atom. The first-order valence-electron chi connectivity index (χ1n) is 9.65. The van der Waals surface area contributed by atoms with Crippen molar-refractivity contribution >= 4 is 67.2 Å². The van der Waals surface area contributed by atoms with Crippen molar-refractivity contribution in [2.45, 2.75) is 17.5 Å².